The molecule has 3 heterocycles. The molecule has 1 spiro atoms. The maximum atomic E-state index is 15.1. The zero-order valence-corrected chi connectivity index (χ0v) is 19.7. The summed E-state index contributed by atoms with van der Waals surface area (Å²) in [5, 5.41) is 4.75. The van der Waals surface area contributed by atoms with Crippen LogP contribution in [-0.4, -0.2) is 41.4 Å². The van der Waals surface area contributed by atoms with Crippen LogP contribution in [0.4, 0.5) is 10.1 Å². The average Bonchev–Trinajstić information content (AvgIpc) is 3.53. The number of nitrogens with zero attached hydrogens (tertiary/aromatic N) is 3. The summed E-state index contributed by atoms with van der Waals surface area (Å²) in [6.45, 7) is 4.21. The lowest BCUT2D eigenvalue weighted by atomic mass is 9.95. The zero-order chi connectivity index (χ0) is 23.8. The Kier molecular flexibility index (Phi) is 5.63. The molecule has 4 aromatic rings. The number of hydrogen-bond acceptors (Lipinski definition) is 4. The summed E-state index contributed by atoms with van der Waals surface area (Å²) < 4.78 is 28.9. The van der Waals surface area contributed by atoms with Crippen molar-refractivity contribution in [2.45, 2.75) is 31.6 Å². The molecule has 0 N–H and O–H groups in total. The van der Waals surface area contributed by atoms with E-state index in [-0.39, 0.29) is 11.9 Å². The summed E-state index contributed by atoms with van der Waals surface area (Å²) in [5.41, 5.74) is 5.38. The molecule has 6 heteroatoms. The molecule has 1 unspecified atom stereocenters. The minimum atomic E-state index is -0.489. The molecule has 3 aromatic carbocycles. The smallest absolute Gasteiger partial charge is 0.172 e. The van der Waals surface area contributed by atoms with Crippen molar-refractivity contribution in [2.75, 3.05) is 24.7 Å². The predicted octanol–water partition coefficient (Wildman–Crippen LogP) is 6.08. The summed E-state index contributed by atoms with van der Waals surface area (Å²) in [6.07, 6.45) is 3.39. The van der Waals surface area contributed by atoms with Crippen molar-refractivity contribution in [3.05, 3.63) is 90.9 Å². The van der Waals surface area contributed by atoms with E-state index in [2.05, 4.69) is 36.1 Å². The molecule has 2 aliphatic heterocycles. The second-order valence-corrected chi connectivity index (χ2v) is 9.29. The predicted molar refractivity (Wildman–Crippen MR) is 135 cm³/mol. The van der Waals surface area contributed by atoms with Crippen LogP contribution in [0.2, 0.25) is 0 Å². The average molecular weight is 470 g/mol. The van der Waals surface area contributed by atoms with Crippen LogP contribution in [0, 0.1) is 5.82 Å². The number of piperidine rings is 1. The first-order valence-corrected chi connectivity index (χ1v) is 12.2. The normalized spacial score (nSPS) is 19.4. The first kappa shape index (κ1) is 22.0. The van der Waals surface area contributed by atoms with Gasteiger partial charge in [0.1, 0.15) is 11.5 Å². The van der Waals surface area contributed by atoms with Gasteiger partial charge in [-0.2, -0.15) is 5.10 Å². The van der Waals surface area contributed by atoms with Crippen molar-refractivity contribution in [3.63, 3.8) is 0 Å². The van der Waals surface area contributed by atoms with Gasteiger partial charge in [-0.3, -0.25) is 0 Å². The first-order chi connectivity index (χ1) is 17.1. The summed E-state index contributed by atoms with van der Waals surface area (Å²) in [6, 6.07) is 25.6. The van der Waals surface area contributed by atoms with E-state index in [0.29, 0.717) is 18.8 Å². The Balaban J connectivity index is 1.40. The third-order valence-electron chi connectivity index (χ3n) is 7.09. The maximum Gasteiger partial charge on any atom is 0.172 e. The highest BCUT2D eigenvalue weighted by atomic mass is 19.1. The number of ether oxygens (including phenoxy) is 2. The standard InChI is InChI=1S/C29H28FN3O2/c1-21-19-29(34-17-18-35-29)15-16-32(21)27-20-31-33(28(27)25-9-5-6-10-26(25)30)24-13-11-23(12-14-24)22-7-3-2-4-8-22/h2-14,20-21H,15-19H2,1H3. The van der Waals surface area contributed by atoms with Crippen LogP contribution in [0.25, 0.3) is 28.1 Å². The lowest BCUT2D eigenvalue weighted by Crippen LogP contribution is -2.50. The largest absolute Gasteiger partial charge is 0.365 e. The van der Waals surface area contributed by atoms with Gasteiger partial charge in [0.05, 0.1) is 30.8 Å². The van der Waals surface area contributed by atoms with Gasteiger partial charge in [-0.25, -0.2) is 9.07 Å². The molecule has 0 saturated carbocycles. The second kappa shape index (κ2) is 8.95. The van der Waals surface area contributed by atoms with Gasteiger partial charge in [0.2, 0.25) is 0 Å². The van der Waals surface area contributed by atoms with E-state index in [1.54, 1.807) is 6.07 Å². The van der Waals surface area contributed by atoms with E-state index in [0.717, 1.165) is 47.6 Å². The van der Waals surface area contributed by atoms with Gasteiger partial charge in [-0.05, 0) is 42.3 Å². The van der Waals surface area contributed by atoms with Crippen molar-refractivity contribution in [3.8, 4) is 28.1 Å². The minimum Gasteiger partial charge on any atom is -0.365 e. The molecular formula is C29H28FN3O2. The molecule has 0 amide bonds. The van der Waals surface area contributed by atoms with Crippen LogP contribution in [0.3, 0.4) is 0 Å². The quantitative estimate of drug-likeness (QED) is 0.363. The van der Waals surface area contributed by atoms with E-state index in [9.17, 15) is 0 Å². The van der Waals surface area contributed by atoms with Crippen molar-refractivity contribution >= 4 is 5.69 Å². The van der Waals surface area contributed by atoms with Crippen molar-refractivity contribution in [1.82, 2.24) is 9.78 Å². The van der Waals surface area contributed by atoms with Crippen molar-refractivity contribution in [2.24, 2.45) is 0 Å². The minimum absolute atomic E-state index is 0.158. The molecule has 2 saturated heterocycles. The molecule has 6 rings (SSSR count). The Morgan fingerprint density at radius 2 is 1.57 bits per heavy atom. The van der Waals surface area contributed by atoms with Crippen molar-refractivity contribution in [1.29, 1.82) is 0 Å². The lowest BCUT2D eigenvalue weighted by molar-refractivity contribution is -0.175. The number of anilines is 1. The molecule has 2 fully saturated rings. The molecule has 1 aromatic heterocycles. The van der Waals surface area contributed by atoms with E-state index < -0.39 is 5.79 Å². The fourth-order valence-electron chi connectivity index (χ4n) is 5.37. The van der Waals surface area contributed by atoms with Crippen LogP contribution < -0.4 is 4.90 Å². The highest BCUT2D eigenvalue weighted by Crippen LogP contribution is 2.41. The maximum absolute atomic E-state index is 15.1. The Bertz CT molecular complexity index is 1310. The van der Waals surface area contributed by atoms with E-state index >= 15 is 4.39 Å². The third-order valence-corrected chi connectivity index (χ3v) is 7.09. The van der Waals surface area contributed by atoms with Gasteiger partial charge < -0.3 is 14.4 Å². The number of rotatable bonds is 4. The zero-order valence-electron chi connectivity index (χ0n) is 19.7. The third kappa shape index (κ3) is 4.03. The van der Waals surface area contributed by atoms with Gasteiger partial charge in [0, 0.05) is 31.0 Å². The molecule has 0 aliphatic carbocycles. The summed E-state index contributed by atoms with van der Waals surface area (Å²) in [4.78, 5) is 2.31. The Hall–Kier alpha value is -3.48. The molecule has 2 aliphatic rings. The van der Waals surface area contributed by atoms with Crippen LogP contribution in [0.1, 0.15) is 19.8 Å². The Morgan fingerprint density at radius 1 is 0.886 bits per heavy atom. The monoisotopic (exact) mass is 469 g/mol. The van der Waals surface area contributed by atoms with E-state index in [1.165, 1.54) is 6.07 Å². The summed E-state index contributed by atoms with van der Waals surface area (Å²) in [5.74, 6) is -0.753. The van der Waals surface area contributed by atoms with Crippen LogP contribution in [0.5, 0.6) is 0 Å². The van der Waals surface area contributed by atoms with Gasteiger partial charge in [-0.1, -0.05) is 54.6 Å². The molecule has 35 heavy (non-hydrogen) atoms. The van der Waals surface area contributed by atoms with Gasteiger partial charge in [0.25, 0.3) is 0 Å². The number of hydrogen-bond donors (Lipinski definition) is 0. The summed E-state index contributed by atoms with van der Waals surface area (Å²) in [7, 11) is 0. The SMILES string of the molecule is CC1CC2(CCN1c1cnn(-c3ccc(-c4ccccc4)cc3)c1-c1ccccc1F)OCCO2. The Morgan fingerprint density at radius 3 is 2.29 bits per heavy atom. The fourth-order valence-corrected chi connectivity index (χ4v) is 5.37. The summed E-state index contributed by atoms with van der Waals surface area (Å²) >= 11 is 0. The second-order valence-electron chi connectivity index (χ2n) is 9.29. The highest BCUT2D eigenvalue weighted by Gasteiger charge is 2.43. The molecule has 1 atom stereocenters. The van der Waals surface area contributed by atoms with Gasteiger partial charge >= 0.3 is 0 Å². The topological polar surface area (TPSA) is 39.5 Å². The number of halogens is 1. The van der Waals surface area contributed by atoms with Crippen LogP contribution >= 0.6 is 0 Å². The van der Waals surface area contributed by atoms with Crippen molar-refractivity contribution < 1.29 is 13.9 Å². The lowest BCUT2D eigenvalue weighted by Gasteiger charge is -2.43. The van der Waals surface area contributed by atoms with Crippen LogP contribution in [-0.2, 0) is 9.47 Å². The molecule has 0 radical (unpaired) electrons. The highest BCUT2D eigenvalue weighted by molar-refractivity contribution is 5.78. The number of aromatic nitrogens is 2. The Labute approximate surface area is 204 Å². The number of benzene rings is 3. The molecule has 0 bridgehead atoms. The van der Waals surface area contributed by atoms with Gasteiger partial charge in [-0.15, -0.1) is 0 Å². The fraction of sp³-hybridized carbons (Fsp3) is 0.276. The first-order valence-electron chi connectivity index (χ1n) is 12.2. The molecule has 5 nitrogen and oxygen atoms in total. The molecule has 178 valence electrons. The van der Waals surface area contributed by atoms with Gasteiger partial charge in [0.15, 0.2) is 5.79 Å². The van der Waals surface area contributed by atoms with Crippen LogP contribution in [0.15, 0.2) is 85.1 Å². The van der Waals surface area contributed by atoms with E-state index in [1.807, 2.05) is 53.3 Å². The van der Waals surface area contributed by atoms with E-state index in [4.69, 9.17) is 14.6 Å². The molecular weight excluding hydrogens is 441 g/mol.